The molecule has 19 heavy (non-hydrogen) atoms. The first-order valence-corrected chi connectivity index (χ1v) is 6.72. The lowest BCUT2D eigenvalue weighted by molar-refractivity contribution is 0.0946. The Morgan fingerprint density at radius 2 is 1.89 bits per heavy atom. The molecule has 1 aromatic carbocycles. The van der Waals surface area contributed by atoms with E-state index in [2.05, 4.69) is 24.2 Å². The van der Waals surface area contributed by atoms with Crippen molar-refractivity contribution >= 4 is 11.6 Å². The van der Waals surface area contributed by atoms with E-state index >= 15 is 0 Å². The first kappa shape index (κ1) is 15.5. The van der Waals surface area contributed by atoms with Crippen molar-refractivity contribution in [2.75, 3.05) is 25.0 Å². The highest BCUT2D eigenvalue weighted by atomic mass is 16.1. The van der Waals surface area contributed by atoms with Crippen LogP contribution in [0.4, 0.5) is 5.69 Å². The molecule has 0 atom stereocenters. The van der Waals surface area contributed by atoms with E-state index in [-0.39, 0.29) is 5.91 Å². The van der Waals surface area contributed by atoms with Crippen molar-refractivity contribution in [1.29, 1.82) is 0 Å². The van der Waals surface area contributed by atoms with Gasteiger partial charge in [0.05, 0.1) is 0 Å². The number of hydrogen-bond donors (Lipinski definition) is 2. The molecular weight excluding hydrogens is 238 g/mol. The Bertz CT molecular complexity index is 406. The third-order valence-electron chi connectivity index (χ3n) is 2.83. The van der Waals surface area contributed by atoms with Gasteiger partial charge in [-0.1, -0.05) is 6.92 Å². The molecule has 106 valence electrons. The topological polar surface area (TPSA) is 58.4 Å². The van der Waals surface area contributed by atoms with Crippen molar-refractivity contribution in [2.24, 2.45) is 5.73 Å². The van der Waals surface area contributed by atoms with Crippen LogP contribution in [0.1, 0.15) is 37.6 Å². The van der Waals surface area contributed by atoms with E-state index in [4.69, 9.17) is 5.73 Å². The maximum Gasteiger partial charge on any atom is 0.251 e. The van der Waals surface area contributed by atoms with E-state index in [9.17, 15) is 4.79 Å². The summed E-state index contributed by atoms with van der Waals surface area (Å²) in [6.07, 6.45) is 1.10. The highest BCUT2D eigenvalue weighted by molar-refractivity contribution is 5.94. The molecule has 0 saturated heterocycles. The van der Waals surface area contributed by atoms with Gasteiger partial charge in [0.25, 0.3) is 5.91 Å². The van der Waals surface area contributed by atoms with Gasteiger partial charge in [0.2, 0.25) is 0 Å². The Morgan fingerprint density at radius 1 is 1.32 bits per heavy atom. The number of anilines is 1. The molecule has 0 bridgehead atoms. The average molecular weight is 263 g/mol. The second kappa shape index (κ2) is 6.57. The summed E-state index contributed by atoms with van der Waals surface area (Å²) in [7, 11) is 2.05. The van der Waals surface area contributed by atoms with Gasteiger partial charge in [0.15, 0.2) is 0 Å². The van der Waals surface area contributed by atoms with E-state index in [0.717, 1.165) is 18.7 Å². The monoisotopic (exact) mass is 263 g/mol. The number of nitrogens with two attached hydrogens (primary N) is 1. The maximum atomic E-state index is 11.9. The number of hydrogen-bond acceptors (Lipinski definition) is 3. The van der Waals surface area contributed by atoms with Gasteiger partial charge < -0.3 is 16.0 Å². The van der Waals surface area contributed by atoms with E-state index in [1.807, 2.05) is 38.1 Å². The molecule has 0 aliphatic carbocycles. The molecule has 0 radical (unpaired) electrons. The van der Waals surface area contributed by atoms with Gasteiger partial charge in [-0.25, -0.2) is 0 Å². The SMILES string of the molecule is CCCN(C)c1ccc(C(=O)NCC(C)(C)N)cc1. The number of amides is 1. The Balaban J connectivity index is 2.63. The summed E-state index contributed by atoms with van der Waals surface area (Å²) in [5, 5.41) is 2.84. The van der Waals surface area contributed by atoms with Crippen molar-refractivity contribution in [1.82, 2.24) is 5.32 Å². The van der Waals surface area contributed by atoms with Crippen molar-refractivity contribution < 1.29 is 4.79 Å². The summed E-state index contributed by atoms with van der Waals surface area (Å²) < 4.78 is 0. The van der Waals surface area contributed by atoms with E-state index < -0.39 is 5.54 Å². The largest absolute Gasteiger partial charge is 0.375 e. The van der Waals surface area contributed by atoms with Gasteiger partial charge in [0.1, 0.15) is 0 Å². The van der Waals surface area contributed by atoms with Crippen LogP contribution in [0, 0.1) is 0 Å². The Labute approximate surface area is 116 Å². The zero-order valence-electron chi connectivity index (χ0n) is 12.4. The lowest BCUT2D eigenvalue weighted by Crippen LogP contribution is -2.45. The molecule has 0 aliphatic rings. The lowest BCUT2D eigenvalue weighted by Gasteiger charge is -2.20. The number of nitrogens with one attached hydrogen (secondary N) is 1. The first-order valence-electron chi connectivity index (χ1n) is 6.72. The van der Waals surface area contributed by atoms with Crippen molar-refractivity contribution in [3.05, 3.63) is 29.8 Å². The Kier molecular flexibility index (Phi) is 5.36. The van der Waals surface area contributed by atoms with Crippen LogP contribution in [-0.4, -0.2) is 31.6 Å². The standard InChI is InChI=1S/C15H25N3O/c1-5-10-18(4)13-8-6-12(7-9-13)14(19)17-11-15(2,3)16/h6-9H,5,10-11,16H2,1-4H3,(H,17,19). The fourth-order valence-electron chi connectivity index (χ4n) is 1.74. The van der Waals surface area contributed by atoms with Crippen LogP contribution < -0.4 is 16.0 Å². The van der Waals surface area contributed by atoms with Gasteiger partial charge >= 0.3 is 0 Å². The molecule has 0 aromatic heterocycles. The molecule has 3 N–H and O–H groups in total. The minimum atomic E-state index is -0.392. The maximum absolute atomic E-state index is 11.9. The van der Waals surface area contributed by atoms with Crippen molar-refractivity contribution in [3.8, 4) is 0 Å². The van der Waals surface area contributed by atoms with Crippen LogP contribution in [0.3, 0.4) is 0 Å². The summed E-state index contributed by atoms with van der Waals surface area (Å²) in [5.41, 5.74) is 7.23. The second-order valence-electron chi connectivity index (χ2n) is 5.64. The predicted molar refractivity (Wildman–Crippen MR) is 80.6 cm³/mol. The van der Waals surface area contributed by atoms with Crippen LogP contribution in [0.5, 0.6) is 0 Å². The molecule has 1 aromatic rings. The van der Waals surface area contributed by atoms with Crippen molar-refractivity contribution in [2.45, 2.75) is 32.7 Å². The van der Waals surface area contributed by atoms with Gasteiger partial charge in [-0.05, 0) is 44.5 Å². The van der Waals surface area contributed by atoms with Crippen LogP contribution in [-0.2, 0) is 0 Å². The molecule has 0 aliphatic heterocycles. The van der Waals surface area contributed by atoms with E-state index in [0.29, 0.717) is 12.1 Å². The smallest absolute Gasteiger partial charge is 0.251 e. The fraction of sp³-hybridized carbons (Fsp3) is 0.533. The molecule has 0 heterocycles. The molecular formula is C15H25N3O. The number of rotatable bonds is 6. The number of benzene rings is 1. The first-order chi connectivity index (χ1) is 8.83. The molecule has 0 fully saturated rings. The summed E-state index contributed by atoms with van der Waals surface area (Å²) in [4.78, 5) is 14.1. The van der Waals surface area contributed by atoms with Crippen LogP contribution in [0.25, 0.3) is 0 Å². The van der Waals surface area contributed by atoms with Gasteiger partial charge in [0, 0.05) is 36.9 Å². The normalized spacial score (nSPS) is 11.2. The van der Waals surface area contributed by atoms with E-state index in [1.165, 1.54) is 0 Å². The minimum absolute atomic E-state index is 0.0804. The van der Waals surface area contributed by atoms with Gasteiger partial charge in [-0.2, -0.15) is 0 Å². The second-order valence-corrected chi connectivity index (χ2v) is 5.64. The summed E-state index contributed by atoms with van der Waals surface area (Å²) >= 11 is 0. The fourth-order valence-corrected chi connectivity index (χ4v) is 1.74. The number of carbonyl (C=O) groups excluding carboxylic acids is 1. The quantitative estimate of drug-likeness (QED) is 0.825. The third kappa shape index (κ3) is 5.30. The number of nitrogens with zero attached hydrogens (tertiary/aromatic N) is 1. The van der Waals surface area contributed by atoms with Gasteiger partial charge in [-0.15, -0.1) is 0 Å². The zero-order valence-corrected chi connectivity index (χ0v) is 12.4. The lowest BCUT2D eigenvalue weighted by atomic mass is 10.1. The molecule has 4 heteroatoms. The van der Waals surface area contributed by atoms with Crippen LogP contribution in [0.15, 0.2) is 24.3 Å². The number of carbonyl (C=O) groups is 1. The Hall–Kier alpha value is -1.55. The molecule has 1 rings (SSSR count). The Morgan fingerprint density at radius 3 is 2.37 bits per heavy atom. The highest BCUT2D eigenvalue weighted by Crippen LogP contribution is 2.14. The van der Waals surface area contributed by atoms with Crippen molar-refractivity contribution in [3.63, 3.8) is 0 Å². The molecule has 1 amide bonds. The van der Waals surface area contributed by atoms with Gasteiger partial charge in [-0.3, -0.25) is 4.79 Å². The molecule has 4 nitrogen and oxygen atoms in total. The average Bonchev–Trinajstić information content (AvgIpc) is 2.35. The van der Waals surface area contributed by atoms with E-state index in [1.54, 1.807) is 0 Å². The summed E-state index contributed by atoms with van der Waals surface area (Å²) in [6, 6.07) is 7.64. The van der Waals surface area contributed by atoms with Crippen LogP contribution >= 0.6 is 0 Å². The zero-order chi connectivity index (χ0) is 14.5. The summed E-state index contributed by atoms with van der Waals surface area (Å²) in [5.74, 6) is -0.0804. The minimum Gasteiger partial charge on any atom is -0.375 e. The highest BCUT2D eigenvalue weighted by Gasteiger charge is 2.13. The predicted octanol–water partition coefficient (Wildman–Crippen LogP) is 2.00. The summed E-state index contributed by atoms with van der Waals surface area (Å²) in [6.45, 7) is 7.38. The molecule has 0 saturated carbocycles. The van der Waals surface area contributed by atoms with Crippen LogP contribution in [0.2, 0.25) is 0 Å². The molecule has 0 unspecified atom stereocenters. The molecule has 0 spiro atoms. The third-order valence-corrected chi connectivity index (χ3v) is 2.83.